The molecule has 0 bridgehead atoms. The van der Waals surface area contributed by atoms with Gasteiger partial charge in [-0.25, -0.2) is 0 Å². The van der Waals surface area contributed by atoms with Gasteiger partial charge in [0.2, 0.25) is 0 Å². The van der Waals surface area contributed by atoms with E-state index < -0.39 is 0 Å². The SMILES string of the molecule is Cc1nn(C)c(C)c1C(=O)NCCN1CCNCC1. The van der Waals surface area contributed by atoms with Crippen molar-refractivity contribution in [2.45, 2.75) is 13.8 Å². The van der Waals surface area contributed by atoms with Gasteiger partial charge in [0.05, 0.1) is 11.3 Å². The Kier molecular flexibility index (Phi) is 4.55. The van der Waals surface area contributed by atoms with Gasteiger partial charge in [-0.2, -0.15) is 5.10 Å². The Morgan fingerprint density at radius 3 is 2.63 bits per heavy atom. The van der Waals surface area contributed by atoms with Crippen LogP contribution in [0.2, 0.25) is 0 Å². The Balaban J connectivity index is 1.84. The lowest BCUT2D eigenvalue weighted by Gasteiger charge is -2.27. The normalized spacial score (nSPS) is 16.6. The van der Waals surface area contributed by atoms with Gasteiger partial charge in [-0.15, -0.1) is 0 Å². The van der Waals surface area contributed by atoms with Gasteiger partial charge < -0.3 is 10.6 Å². The summed E-state index contributed by atoms with van der Waals surface area (Å²) in [5.74, 6) is -0.0155. The molecule has 2 rings (SSSR count). The molecule has 6 heteroatoms. The molecule has 1 aromatic heterocycles. The lowest BCUT2D eigenvalue weighted by Crippen LogP contribution is -2.46. The number of aromatic nitrogens is 2. The van der Waals surface area contributed by atoms with Crippen LogP contribution in [0.3, 0.4) is 0 Å². The van der Waals surface area contributed by atoms with Crippen LogP contribution in [0.5, 0.6) is 0 Å². The molecule has 0 aliphatic carbocycles. The van der Waals surface area contributed by atoms with Gasteiger partial charge in [0.1, 0.15) is 0 Å². The topological polar surface area (TPSA) is 62.2 Å². The number of rotatable bonds is 4. The van der Waals surface area contributed by atoms with Crippen LogP contribution in [-0.2, 0) is 7.05 Å². The van der Waals surface area contributed by atoms with Crippen molar-refractivity contribution in [1.82, 2.24) is 25.3 Å². The van der Waals surface area contributed by atoms with Crippen molar-refractivity contribution in [3.63, 3.8) is 0 Å². The first-order valence-electron chi connectivity index (χ1n) is 6.81. The molecule has 0 saturated carbocycles. The summed E-state index contributed by atoms with van der Waals surface area (Å²) in [4.78, 5) is 14.5. The Morgan fingerprint density at radius 2 is 2.05 bits per heavy atom. The van der Waals surface area contributed by atoms with Crippen molar-refractivity contribution in [2.24, 2.45) is 7.05 Å². The maximum Gasteiger partial charge on any atom is 0.255 e. The van der Waals surface area contributed by atoms with Crippen LogP contribution < -0.4 is 10.6 Å². The maximum atomic E-state index is 12.1. The minimum absolute atomic E-state index is 0.0155. The van der Waals surface area contributed by atoms with Gasteiger partial charge in [-0.3, -0.25) is 14.4 Å². The highest BCUT2D eigenvalue weighted by atomic mass is 16.1. The molecule has 1 aliphatic heterocycles. The molecule has 1 aliphatic rings. The van der Waals surface area contributed by atoms with Crippen molar-refractivity contribution in [3.05, 3.63) is 17.0 Å². The average Bonchev–Trinajstić information content (AvgIpc) is 2.64. The highest BCUT2D eigenvalue weighted by Gasteiger charge is 2.17. The third-order valence-corrected chi connectivity index (χ3v) is 3.66. The molecule has 1 fully saturated rings. The Bertz CT molecular complexity index is 448. The van der Waals surface area contributed by atoms with E-state index in [1.54, 1.807) is 4.68 Å². The molecule has 106 valence electrons. The van der Waals surface area contributed by atoms with Crippen LogP contribution in [0, 0.1) is 13.8 Å². The number of hydrogen-bond acceptors (Lipinski definition) is 4. The first kappa shape index (κ1) is 14.0. The van der Waals surface area contributed by atoms with Crippen molar-refractivity contribution in [1.29, 1.82) is 0 Å². The predicted octanol–water partition coefficient (Wildman–Crippen LogP) is -0.328. The molecule has 1 saturated heterocycles. The minimum Gasteiger partial charge on any atom is -0.351 e. The molecule has 1 aromatic rings. The van der Waals surface area contributed by atoms with Crippen LogP contribution in [0.15, 0.2) is 0 Å². The average molecular weight is 265 g/mol. The minimum atomic E-state index is -0.0155. The fourth-order valence-corrected chi connectivity index (χ4v) is 2.45. The van der Waals surface area contributed by atoms with E-state index in [0.717, 1.165) is 44.1 Å². The molecule has 19 heavy (non-hydrogen) atoms. The number of carbonyl (C=O) groups excluding carboxylic acids is 1. The molecule has 1 amide bonds. The van der Waals surface area contributed by atoms with Crippen molar-refractivity contribution in [2.75, 3.05) is 39.3 Å². The van der Waals surface area contributed by atoms with Gasteiger partial charge in [0, 0.05) is 52.0 Å². The predicted molar refractivity (Wildman–Crippen MR) is 74.3 cm³/mol. The molecule has 2 heterocycles. The third kappa shape index (κ3) is 3.33. The number of amides is 1. The standard InChI is InChI=1S/C13H23N5O/c1-10-12(11(2)17(3)16-10)13(19)15-6-9-18-7-4-14-5-8-18/h14H,4-9H2,1-3H3,(H,15,19). The molecule has 0 unspecified atom stereocenters. The molecular weight excluding hydrogens is 242 g/mol. The van der Waals surface area contributed by atoms with E-state index in [1.807, 2.05) is 20.9 Å². The quantitative estimate of drug-likeness (QED) is 0.783. The number of aryl methyl sites for hydroxylation is 2. The Hall–Kier alpha value is -1.40. The van der Waals surface area contributed by atoms with Crippen LogP contribution in [-0.4, -0.2) is 59.9 Å². The van der Waals surface area contributed by atoms with Crippen molar-refractivity contribution >= 4 is 5.91 Å². The van der Waals surface area contributed by atoms with Gasteiger partial charge in [-0.05, 0) is 13.8 Å². The summed E-state index contributed by atoms with van der Waals surface area (Å²) < 4.78 is 1.75. The van der Waals surface area contributed by atoms with Gasteiger partial charge in [0.15, 0.2) is 0 Å². The Morgan fingerprint density at radius 1 is 1.37 bits per heavy atom. The molecular formula is C13H23N5O. The number of nitrogens with one attached hydrogen (secondary N) is 2. The molecule has 0 atom stereocenters. The van der Waals surface area contributed by atoms with Crippen LogP contribution in [0.25, 0.3) is 0 Å². The number of nitrogens with zero attached hydrogens (tertiary/aromatic N) is 3. The summed E-state index contributed by atoms with van der Waals surface area (Å²) in [7, 11) is 1.86. The molecule has 0 aromatic carbocycles. The van der Waals surface area contributed by atoms with Gasteiger partial charge >= 0.3 is 0 Å². The lowest BCUT2D eigenvalue weighted by molar-refractivity contribution is 0.0946. The highest BCUT2D eigenvalue weighted by molar-refractivity contribution is 5.96. The van der Waals surface area contributed by atoms with E-state index in [9.17, 15) is 4.79 Å². The summed E-state index contributed by atoms with van der Waals surface area (Å²) in [5.41, 5.74) is 2.42. The van der Waals surface area contributed by atoms with Crippen molar-refractivity contribution < 1.29 is 4.79 Å². The fraction of sp³-hybridized carbons (Fsp3) is 0.692. The first-order chi connectivity index (χ1) is 9.09. The lowest BCUT2D eigenvalue weighted by atomic mass is 10.2. The summed E-state index contributed by atoms with van der Waals surface area (Å²) >= 11 is 0. The molecule has 2 N–H and O–H groups in total. The van der Waals surface area contributed by atoms with E-state index in [1.165, 1.54) is 0 Å². The van der Waals surface area contributed by atoms with E-state index in [0.29, 0.717) is 12.1 Å². The number of hydrogen-bond donors (Lipinski definition) is 2. The zero-order chi connectivity index (χ0) is 13.8. The summed E-state index contributed by atoms with van der Waals surface area (Å²) in [6.45, 7) is 9.58. The molecule has 6 nitrogen and oxygen atoms in total. The summed E-state index contributed by atoms with van der Waals surface area (Å²) in [6, 6.07) is 0. The maximum absolute atomic E-state index is 12.1. The highest BCUT2D eigenvalue weighted by Crippen LogP contribution is 2.11. The zero-order valence-electron chi connectivity index (χ0n) is 12.0. The number of carbonyl (C=O) groups is 1. The van der Waals surface area contributed by atoms with E-state index >= 15 is 0 Å². The second-order valence-electron chi connectivity index (χ2n) is 5.02. The van der Waals surface area contributed by atoms with Crippen LogP contribution in [0.1, 0.15) is 21.7 Å². The molecule has 0 spiro atoms. The van der Waals surface area contributed by atoms with E-state index in [4.69, 9.17) is 0 Å². The third-order valence-electron chi connectivity index (χ3n) is 3.66. The summed E-state index contributed by atoms with van der Waals surface area (Å²) in [6.07, 6.45) is 0. The monoisotopic (exact) mass is 265 g/mol. The van der Waals surface area contributed by atoms with Crippen molar-refractivity contribution in [3.8, 4) is 0 Å². The first-order valence-corrected chi connectivity index (χ1v) is 6.81. The van der Waals surface area contributed by atoms with Gasteiger partial charge in [-0.1, -0.05) is 0 Å². The van der Waals surface area contributed by atoms with E-state index in [2.05, 4.69) is 20.6 Å². The smallest absolute Gasteiger partial charge is 0.255 e. The molecule has 0 radical (unpaired) electrons. The summed E-state index contributed by atoms with van der Waals surface area (Å²) in [5, 5.41) is 10.6. The number of piperazine rings is 1. The second-order valence-corrected chi connectivity index (χ2v) is 5.02. The van der Waals surface area contributed by atoms with E-state index in [-0.39, 0.29) is 5.91 Å². The van der Waals surface area contributed by atoms with Crippen LogP contribution in [0.4, 0.5) is 0 Å². The Labute approximate surface area is 114 Å². The zero-order valence-corrected chi connectivity index (χ0v) is 12.0. The largest absolute Gasteiger partial charge is 0.351 e. The van der Waals surface area contributed by atoms with Gasteiger partial charge in [0.25, 0.3) is 5.91 Å². The second kappa shape index (κ2) is 6.16. The van der Waals surface area contributed by atoms with Crippen LogP contribution >= 0.6 is 0 Å². The fourth-order valence-electron chi connectivity index (χ4n) is 2.45.